The van der Waals surface area contributed by atoms with Crippen LogP contribution in [0.3, 0.4) is 0 Å². The van der Waals surface area contributed by atoms with Gasteiger partial charge >= 0.3 is 0 Å². The molecule has 0 saturated carbocycles. The van der Waals surface area contributed by atoms with E-state index in [4.69, 9.17) is 4.42 Å². The molecule has 0 unspecified atom stereocenters. The lowest BCUT2D eigenvalue weighted by Crippen LogP contribution is -2.30. The van der Waals surface area contributed by atoms with Crippen LogP contribution < -0.4 is 4.57 Å². The van der Waals surface area contributed by atoms with Gasteiger partial charge in [-0.25, -0.2) is 4.57 Å². The van der Waals surface area contributed by atoms with Gasteiger partial charge < -0.3 is 4.42 Å². The smallest absolute Gasteiger partial charge is 0.216 e. The number of fused-ring (bicyclic) bond motifs is 6. The minimum Gasteiger partial charge on any atom is -0.455 e. The summed E-state index contributed by atoms with van der Waals surface area (Å²) >= 11 is 0. The summed E-state index contributed by atoms with van der Waals surface area (Å²) in [4.78, 5) is 0. The van der Waals surface area contributed by atoms with Gasteiger partial charge in [0.1, 0.15) is 18.2 Å². The van der Waals surface area contributed by atoms with Crippen molar-refractivity contribution in [2.24, 2.45) is 7.05 Å². The van der Waals surface area contributed by atoms with Gasteiger partial charge in [-0.05, 0) is 59.4 Å². The molecule has 0 bridgehead atoms. The number of aryl methyl sites for hydroxylation is 3. The van der Waals surface area contributed by atoms with Crippen LogP contribution in [0.4, 0.5) is 0 Å². The van der Waals surface area contributed by atoms with Crippen molar-refractivity contribution in [2.45, 2.75) is 33.1 Å². The SMILES string of the molecule is Cc1cc[n+](C)c(-c2c(C)ccc3c2oc2cc4c(cc23)-c2ccccc2C4(C)C)c1. The van der Waals surface area contributed by atoms with Gasteiger partial charge in [0.05, 0.1) is 5.56 Å². The lowest BCUT2D eigenvalue weighted by atomic mass is 9.82. The van der Waals surface area contributed by atoms with E-state index in [-0.39, 0.29) is 5.41 Å². The molecule has 152 valence electrons. The first-order chi connectivity index (χ1) is 14.9. The van der Waals surface area contributed by atoms with Crippen molar-refractivity contribution in [2.75, 3.05) is 0 Å². The second kappa shape index (κ2) is 6.07. The second-order valence-electron chi connectivity index (χ2n) is 9.50. The van der Waals surface area contributed by atoms with Gasteiger partial charge in [-0.2, -0.15) is 0 Å². The molecule has 0 amide bonds. The number of hydrogen-bond acceptors (Lipinski definition) is 1. The zero-order valence-corrected chi connectivity index (χ0v) is 18.7. The summed E-state index contributed by atoms with van der Waals surface area (Å²) in [6.07, 6.45) is 2.12. The lowest BCUT2D eigenvalue weighted by molar-refractivity contribution is -0.660. The molecule has 6 rings (SSSR count). The van der Waals surface area contributed by atoms with Crippen LogP contribution in [0.25, 0.3) is 44.3 Å². The Balaban J connectivity index is 1.71. The van der Waals surface area contributed by atoms with Crippen LogP contribution >= 0.6 is 0 Å². The number of hydrogen-bond donors (Lipinski definition) is 0. The number of aromatic nitrogens is 1. The topological polar surface area (TPSA) is 17.0 Å². The van der Waals surface area contributed by atoms with Crippen LogP contribution in [0.15, 0.2) is 71.3 Å². The summed E-state index contributed by atoms with van der Waals surface area (Å²) in [5.41, 5.74) is 12.2. The number of nitrogens with zero attached hydrogens (tertiary/aromatic N) is 1. The number of rotatable bonds is 1. The summed E-state index contributed by atoms with van der Waals surface area (Å²) in [6, 6.07) is 22.2. The predicted octanol–water partition coefficient (Wildman–Crippen LogP) is 7.00. The highest BCUT2D eigenvalue weighted by atomic mass is 16.3. The fraction of sp³-hybridized carbons (Fsp3) is 0.207. The molecule has 0 spiro atoms. The van der Waals surface area contributed by atoms with Crippen molar-refractivity contribution in [3.8, 4) is 22.4 Å². The fourth-order valence-electron chi connectivity index (χ4n) is 5.37. The van der Waals surface area contributed by atoms with Crippen molar-refractivity contribution in [1.82, 2.24) is 0 Å². The Morgan fingerprint density at radius 2 is 1.61 bits per heavy atom. The third kappa shape index (κ3) is 2.42. The van der Waals surface area contributed by atoms with Gasteiger partial charge in [-0.3, -0.25) is 0 Å². The molecule has 5 aromatic rings. The summed E-state index contributed by atoms with van der Waals surface area (Å²) in [6.45, 7) is 8.94. The quantitative estimate of drug-likeness (QED) is 0.275. The Kier molecular flexibility index (Phi) is 3.60. The van der Waals surface area contributed by atoms with Crippen LogP contribution in [-0.2, 0) is 12.5 Å². The first-order valence-corrected chi connectivity index (χ1v) is 10.9. The fourth-order valence-corrected chi connectivity index (χ4v) is 5.37. The van der Waals surface area contributed by atoms with Crippen molar-refractivity contribution < 1.29 is 8.98 Å². The van der Waals surface area contributed by atoms with E-state index in [0.717, 1.165) is 11.2 Å². The van der Waals surface area contributed by atoms with Gasteiger partial charge in [-0.15, -0.1) is 0 Å². The van der Waals surface area contributed by atoms with Gasteiger partial charge in [0, 0.05) is 28.3 Å². The van der Waals surface area contributed by atoms with E-state index in [1.807, 2.05) is 0 Å². The van der Waals surface area contributed by atoms with E-state index >= 15 is 0 Å². The van der Waals surface area contributed by atoms with E-state index in [9.17, 15) is 0 Å². The third-order valence-electron chi connectivity index (χ3n) is 7.11. The maximum Gasteiger partial charge on any atom is 0.216 e. The van der Waals surface area contributed by atoms with E-state index < -0.39 is 0 Å². The Morgan fingerprint density at radius 3 is 2.45 bits per heavy atom. The first kappa shape index (κ1) is 18.4. The molecule has 0 aliphatic heterocycles. The zero-order chi connectivity index (χ0) is 21.5. The van der Waals surface area contributed by atoms with Crippen LogP contribution in [0.2, 0.25) is 0 Å². The lowest BCUT2D eigenvalue weighted by Gasteiger charge is -2.21. The molecule has 0 saturated heterocycles. The molecule has 2 heterocycles. The van der Waals surface area contributed by atoms with Gasteiger partial charge in [-0.1, -0.05) is 50.2 Å². The molecule has 31 heavy (non-hydrogen) atoms. The van der Waals surface area contributed by atoms with Gasteiger partial charge in [0.25, 0.3) is 0 Å². The molecule has 1 aliphatic rings. The highest BCUT2D eigenvalue weighted by molar-refractivity contribution is 6.11. The van der Waals surface area contributed by atoms with E-state index in [0.29, 0.717) is 0 Å². The van der Waals surface area contributed by atoms with Crippen LogP contribution in [-0.4, -0.2) is 0 Å². The minimum atomic E-state index is -0.0270. The Hall–Kier alpha value is -3.39. The average Bonchev–Trinajstić information content (AvgIpc) is 3.22. The standard InChI is InChI=1S/C29H26NO/c1-17-12-13-30(5)25(14-17)27-18(2)10-11-20-22-15-21-19-8-6-7-9-23(19)29(3,4)24(21)16-26(22)31-28(20)27/h6-16H,1-5H3/q+1. The molecular weight excluding hydrogens is 378 g/mol. The number of benzene rings is 3. The maximum absolute atomic E-state index is 6.62. The molecule has 0 radical (unpaired) electrons. The molecule has 2 nitrogen and oxygen atoms in total. The molecule has 0 N–H and O–H groups in total. The molecule has 3 aromatic carbocycles. The third-order valence-corrected chi connectivity index (χ3v) is 7.11. The second-order valence-corrected chi connectivity index (χ2v) is 9.50. The summed E-state index contributed by atoms with van der Waals surface area (Å²) in [7, 11) is 2.10. The molecule has 2 aromatic heterocycles. The molecule has 0 atom stereocenters. The van der Waals surface area contributed by atoms with Crippen molar-refractivity contribution in [3.05, 3.63) is 89.1 Å². The average molecular weight is 405 g/mol. The van der Waals surface area contributed by atoms with Crippen molar-refractivity contribution in [3.63, 3.8) is 0 Å². The Labute approximate surface area is 182 Å². The minimum absolute atomic E-state index is 0.0270. The summed E-state index contributed by atoms with van der Waals surface area (Å²) in [5, 5.41) is 2.37. The Morgan fingerprint density at radius 1 is 0.806 bits per heavy atom. The first-order valence-electron chi connectivity index (χ1n) is 10.9. The van der Waals surface area contributed by atoms with E-state index in [2.05, 4.69) is 106 Å². The number of pyridine rings is 1. The highest BCUT2D eigenvalue weighted by Gasteiger charge is 2.36. The van der Waals surface area contributed by atoms with Crippen molar-refractivity contribution in [1.29, 1.82) is 0 Å². The largest absolute Gasteiger partial charge is 0.455 e. The summed E-state index contributed by atoms with van der Waals surface area (Å²) in [5.74, 6) is 0. The molecule has 1 aliphatic carbocycles. The van der Waals surface area contributed by atoms with Crippen LogP contribution in [0, 0.1) is 13.8 Å². The molecule has 2 heteroatoms. The number of furan rings is 1. The van der Waals surface area contributed by atoms with Gasteiger partial charge in [0.2, 0.25) is 5.69 Å². The maximum atomic E-state index is 6.62. The highest BCUT2D eigenvalue weighted by Crippen LogP contribution is 2.51. The molecular formula is C29H26NO+. The Bertz CT molecular complexity index is 1530. The van der Waals surface area contributed by atoms with Gasteiger partial charge in [0.15, 0.2) is 6.20 Å². The van der Waals surface area contributed by atoms with Crippen LogP contribution in [0.1, 0.15) is 36.1 Å². The van der Waals surface area contributed by atoms with Crippen molar-refractivity contribution >= 4 is 21.9 Å². The molecule has 0 fully saturated rings. The monoisotopic (exact) mass is 404 g/mol. The zero-order valence-electron chi connectivity index (χ0n) is 18.7. The summed E-state index contributed by atoms with van der Waals surface area (Å²) < 4.78 is 8.80. The normalized spacial score (nSPS) is 14.2. The van der Waals surface area contributed by atoms with E-state index in [1.54, 1.807) is 0 Å². The van der Waals surface area contributed by atoms with E-state index in [1.165, 1.54) is 55.4 Å². The predicted molar refractivity (Wildman–Crippen MR) is 127 cm³/mol. The van der Waals surface area contributed by atoms with Crippen LogP contribution in [0.5, 0.6) is 0 Å².